The summed E-state index contributed by atoms with van der Waals surface area (Å²) in [6.45, 7) is 2.58. The summed E-state index contributed by atoms with van der Waals surface area (Å²) in [5.74, 6) is -0.671. The molecule has 32 heavy (non-hydrogen) atoms. The standard InChI is InChI=1S/C24H22N4O4/c29-23(18-7-6-10-20(17-18)28(31)32)25-22-12-5-4-11-21(22)24(30)27-15-13-26(14-16-27)19-8-2-1-3-9-19/h1-12,17H,13-16H2,(H,25,29). The normalized spacial score (nSPS) is 13.5. The number of anilines is 2. The number of nitrogens with one attached hydrogen (secondary N) is 1. The average Bonchev–Trinajstić information content (AvgIpc) is 2.84. The number of nitro benzene ring substituents is 1. The van der Waals surface area contributed by atoms with E-state index in [4.69, 9.17) is 0 Å². The van der Waals surface area contributed by atoms with Gasteiger partial charge in [-0.15, -0.1) is 0 Å². The highest BCUT2D eigenvalue weighted by Gasteiger charge is 2.24. The first kappa shape index (κ1) is 21.0. The second-order valence-electron chi connectivity index (χ2n) is 7.42. The van der Waals surface area contributed by atoms with Crippen LogP contribution >= 0.6 is 0 Å². The van der Waals surface area contributed by atoms with Crippen LogP contribution in [0.15, 0.2) is 78.9 Å². The third-order valence-corrected chi connectivity index (χ3v) is 5.41. The number of para-hydroxylation sites is 2. The van der Waals surface area contributed by atoms with Crippen LogP contribution in [0.2, 0.25) is 0 Å². The molecule has 0 radical (unpaired) electrons. The Hall–Kier alpha value is -4.20. The largest absolute Gasteiger partial charge is 0.368 e. The summed E-state index contributed by atoms with van der Waals surface area (Å²) >= 11 is 0. The van der Waals surface area contributed by atoms with Crippen LogP contribution in [0.1, 0.15) is 20.7 Å². The molecule has 0 bridgehead atoms. The van der Waals surface area contributed by atoms with Crippen LogP contribution in [0.4, 0.5) is 17.1 Å². The van der Waals surface area contributed by atoms with Gasteiger partial charge in [0.1, 0.15) is 0 Å². The van der Waals surface area contributed by atoms with Crippen LogP contribution in [-0.2, 0) is 0 Å². The number of rotatable bonds is 5. The van der Waals surface area contributed by atoms with Crippen molar-refractivity contribution in [2.75, 3.05) is 36.4 Å². The van der Waals surface area contributed by atoms with Crippen LogP contribution in [0.5, 0.6) is 0 Å². The van der Waals surface area contributed by atoms with Gasteiger partial charge in [-0.05, 0) is 30.3 Å². The Labute approximate surface area is 185 Å². The van der Waals surface area contributed by atoms with Gasteiger partial charge in [0.25, 0.3) is 17.5 Å². The molecule has 0 atom stereocenters. The highest BCUT2D eigenvalue weighted by Crippen LogP contribution is 2.22. The number of amides is 2. The molecule has 4 rings (SSSR count). The predicted molar refractivity (Wildman–Crippen MR) is 122 cm³/mol. The molecule has 0 unspecified atom stereocenters. The lowest BCUT2D eigenvalue weighted by Crippen LogP contribution is -2.48. The van der Waals surface area contributed by atoms with Crippen molar-refractivity contribution < 1.29 is 14.5 Å². The zero-order valence-corrected chi connectivity index (χ0v) is 17.3. The summed E-state index contributed by atoms with van der Waals surface area (Å²) in [5, 5.41) is 13.7. The Morgan fingerprint density at radius 3 is 2.25 bits per heavy atom. The number of benzene rings is 3. The molecule has 3 aromatic carbocycles. The second-order valence-corrected chi connectivity index (χ2v) is 7.42. The molecule has 3 aromatic rings. The molecule has 8 heteroatoms. The lowest BCUT2D eigenvalue weighted by atomic mass is 10.1. The van der Waals surface area contributed by atoms with Crippen molar-refractivity contribution >= 4 is 28.9 Å². The molecular weight excluding hydrogens is 408 g/mol. The molecule has 1 fully saturated rings. The summed E-state index contributed by atoms with van der Waals surface area (Å²) in [6.07, 6.45) is 0. The maximum Gasteiger partial charge on any atom is 0.270 e. The van der Waals surface area contributed by atoms with Gasteiger partial charge in [0.2, 0.25) is 0 Å². The third kappa shape index (κ3) is 4.59. The van der Waals surface area contributed by atoms with Crippen LogP contribution in [0.25, 0.3) is 0 Å². The summed E-state index contributed by atoms with van der Waals surface area (Å²) < 4.78 is 0. The predicted octanol–water partition coefficient (Wildman–Crippen LogP) is 3.81. The number of nitro groups is 1. The highest BCUT2D eigenvalue weighted by molar-refractivity contribution is 6.09. The molecule has 1 saturated heterocycles. The van der Waals surface area contributed by atoms with E-state index in [-0.39, 0.29) is 17.2 Å². The molecular formula is C24H22N4O4. The van der Waals surface area contributed by atoms with Gasteiger partial charge >= 0.3 is 0 Å². The smallest absolute Gasteiger partial charge is 0.270 e. The SMILES string of the molecule is O=C(Nc1ccccc1C(=O)N1CCN(c2ccccc2)CC1)c1cccc([N+](=O)[O-])c1. The first-order valence-electron chi connectivity index (χ1n) is 10.3. The number of carbonyl (C=O) groups is 2. The quantitative estimate of drug-likeness (QED) is 0.491. The van der Waals surface area contributed by atoms with Gasteiger partial charge in [0, 0.05) is 49.6 Å². The average molecular weight is 430 g/mol. The van der Waals surface area contributed by atoms with Gasteiger partial charge in [-0.1, -0.05) is 36.4 Å². The lowest BCUT2D eigenvalue weighted by molar-refractivity contribution is -0.384. The first-order valence-corrected chi connectivity index (χ1v) is 10.3. The van der Waals surface area contributed by atoms with E-state index >= 15 is 0 Å². The Bertz CT molecular complexity index is 1140. The Morgan fingerprint density at radius 1 is 0.844 bits per heavy atom. The van der Waals surface area contributed by atoms with Crippen LogP contribution in [0.3, 0.4) is 0 Å². The molecule has 0 aliphatic carbocycles. The van der Waals surface area contributed by atoms with Crippen molar-refractivity contribution in [3.63, 3.8) is 0 Å². The minimum Gasteiger partial charge on any atom is -0.368 e. The summed E-state index contributed by atoms with van der Waals surface area (Å²) in [5.41, 5.74) is 1.87. The Morgan fingerprint density at radius 2 is 1.53 bits per heavy atom. The third-order valence-electron chi connectivity index (χ3n) is 5.41. The molecule has 1 aliphatic heterocycles. The zero-order valence-electron chi connectivity index (χ0n) is 17.3. The molecule has 2 amide bonds. The highest BCUT2D eigenvalue weighted by atomic mass is 16.6. The van der Waals surface area contributed by atoms with Crippen LogP contribution in [0, 0.1) is 10.1 Å². The fourth-order valence-electron chi connectivity index (χ4n) is 3.71. The minimum atomic E-state index is -0.552. The summed E-state index contributed by atoms with van der Waals surface area (Å²) in [6, 6.07) is 22.4. The van der Waals surface area contributed by atoms with Gasteiger partial charge in [0.05, 0.1) is 16.2 Å². The molecule has 1 N–H and O–H groups in total. The van der Waals surface area contributed by atoms with E-state index in [2.05, 4.69) is 22.3 Å². The maximum atomic E-state index is 13.2. The maximum absolute atomic E-state index is 13.2. The van der Waals surface area contributed by atoms with Crippen LogP contribution < -0.4 is 10.2 Å². The number of nitrogens with zero attached hydrogens (tertiary/aromatic N) is 3. The molecule has 162 valence electrons. The van der Waals surface area contributed by atoms with Gasteiger partial charge in [-0.2, -0.15) is 0 Å². The summed E-state index contributed by atoms with van der Waals surface area (Å²) in [4.78, 5) is 40.3. The topological polar surface area (TPSA) is 95.8 Å². The minimum absolute atomic E-state index is 0.151. The van der Waals surface area contributed by atoms with E-state index in [1.165, 1.54) is 24.3 Å². The van der Waals surface area contributed by atoms with Gasteiger partial charge < -0.3 is 15.1 Å². The van der Waals surface area contributed by atoms with E-state index in [1.54, 1.807) is 29.2 Å². The fourth-order valence-corrected chi connectivity index (χ4v) is 3.71. The van der Waals surface area contributed by atoms with Crippen molar-refractivity contribution in [3.8, 4) is 0 Å². The van der Waals surface area contributed by atoms with E-state index in [9.17, 15) is 19.7 Å². The summed E-state index contributed by atoms with van der Waals surface area (Å²) in [7, 11) is 0. The molecule has 0 saturated carbocycles. The molecule has 1 heterocycles. The van der Waals surface area contributed by atoms with Crippen molar-refractivity contribution in [2.24, 2.45) is 0 Å². The molecule has 8 nitrogen and oxygen atoms in total. The van der Waals surface area contributed by atoms with E-state index < -0.39 is 10.8 Å². The second kappa shape index (κ2) is 9.30. The van der Waals surface area contributed by atoms with Gasteiger partial charge in [-0.25, -0.2) is 0 Å². The lowest BCUT2D eigenvalue weighted by Gasteiger charge is -2.36. The zero-order chi connectivity index (χ0) is 22.5. The molecule has 0 spiro atoms. The van der Waals surface area contributed by atoms with E-state index in [0.29, 0.717) is 24.3 Å². The fraction of sp³-hybridized carbons (Fsp3) is 0.167. The van der Waals surface area contributed by atoms with Crippen molar-refractivity contribution in [1.29, 1.82) is 0 Å². The number of carbonyl (C=O) groups excluding carboxylic acids is 2. The first-order chi connectivity index (χ1) is 15.5. The monoisotopic (exact) mass is 430 g/mol. The molecule has 0 aromatic heterocycles. The molecule has 1 aliphatic rings. The Balaban J connectivity index is 1.46. The Kier molecular flexibility index (Phi) is 6.12. The van der Waals surface area contributed by atoms with Crippen molar-refractivity contribution in [2.45, 2.75) is 0 Å². The van der Waals surface area contributed by atoms with Crippen LogP contribution in [-0.4, -0.2) is 47.8 Å². The van der Waals surface area contributed by atoms with E-state index in [1.807, 2.05) is 18.2 Å². The van der Waals surface area contributed by atoms with E-state index in [0.717, 1.165) is 18.8 Å². The number of non-ortho nitro benzene ring substituents is 1. The van der Waals surface area contributed by atoms with Gasteiger partial charge in [-0.3, -0.25) is 19.7 Å². The van der Waals surface area contributed by atoms with Crippen molar-refractivity contribution in [3.05, 3.63) is 100 Å². The number of piperazine rings is 1. The van der Waals surface area contributed by atoms with Crippen molar-refractivity contribution in [1.82, 2.24) is 4.90 Å². The van der Waals surface area contributed by atoms with Gasteiger partial charge in [0.15, 0.2) is 0 Å². The number of hydrogen-bond donors (Lipinski definition) is 1. The number of hydrogen-bond acceptors (Lipinski definition) is 5.